The van der Waals surface area contributed by atoms with E-state index in [1.54, 1.807) is 0 Å². The van der Waals surface area contributed by atoms with Gasteiger partial charge in [0.1, 0.15) is 0 Å². The highest BCUT2D eigenvalue weighted by Crippen LogP contribution is 2.46. The molecular formula is C17H23NO. The molecular weight excluding hydrogens is 234 g/mol. The van der Waals surface area contributed by atoms with Crippen molar-refractivity contribution in [2.45, 2.75) is 40.0 Å². The van der Waals surface area contributed by atoms with Crippen LogP contribution in [0, 0.1) is 23.2 Å². The van der Waals surface area contributed by atoms with E-state index in [1.807, 2.05) is 0 Å². The fourth-order valence-corrected chi connectivity index (χ4v) is 3.52. The first-order valence-electron chi connectivity index (χ1n) is 7.37. The van der Waals surface area contributed by atoms with Gasteiger partial charge in [-0.1, -0.05) is 39.0 Å². The monoisotopic (exact) mass is 257 g/mol. The Morgan fingerprint density at radius 2 is 2.00 bits per heavy atom. The van der Waals surface area contributed by atoms with E-state index in [0.29, 0.717) is 24.2 Å². The van der Waals surface area contributed by atoms with Gasteiger partial charge in [-0.05, 0) is 42.2 Å². The van der Waals surface area contributed by atoms with Gasteiger partial charge in [0.2, 0.25) is 5.91 Å². The molecule has 4 rings (SSSR count). The number of fused-ring (bicyclic) bond motifs is 2. The van der Waals surface area contributed by atoms with E-state index in [2.05, 4.69) is 50.4 Å². The van der Waals surface area contributed by atoms with E-state index in [0.717, 1.165) is 5.70 Å². The number of allylic oxidation sites excluding steroid dienone is 5. The van der Waals surface area contributed by atoms with Gasteiger partial charge >= 0.3 is 0 Å². The molecule has 0 spiro atoms. The zero-order chi connectivity index (χ0) is 13.6. The molecule has 1 atom stereocenters. The molecule has 19 heavy (non-hydrogen) atoms. The number of nitrogens with one attached hydrogen (secondary N) is 1. The predicted molar refractivity (Wildman–Crippen MR) is 77.2 cm³/mol. The molecule has 0 saturated heterocycles. The smallest absolute Gasteiger partial charge is 0.224 e. The highest BCUT2D eigenvalue weighted by atomic mass is 16.1. The van der Waals surface area contributed by atoms with Crippen molar-refractivity contribution >= 4 is 5.91 Å². The summed E-state index contributed by atoms with van der Waals surface area (Å²) in [6.45, 7) is 6.65. The Kier molecular flexibility index (Phi) is 2.92. The molecule has 2 nitrogen and oxygen atoms in total. The second-order valence-corrected chi connectivity index (χ2v) is 6.96. The molecule has 4 aliphatic rings. The fraction of sp³-hybridized carbons (Fsp3) is 0.588. The molecule has 102 valence electrons. The summed E-state index contributed by atoms with van der Waals surface area (Å²) in [5, 5.41) is 3.14. The number of carbonyl (C=O) groups is 1. The minimum Gasteiger partial charge on any atom is -0.326 e. The molecule has 2 heterocycles. The molecule has 1 amide bonds. The van der Waals surface area contributed by atoms with Crippen LogP contribution in [-0.2, 0) is 4.79 Å². The molecule has 1 unspecified atom stereocenters. The highest BCUT2D eigenvalue weighted by Gasteiger charge is 2.38. The van der Waals surface area contributed by atoms with Crippen molar-refractivity contribution in [2.24, 2.45) is 23.2 Å². The lowest BCUT2D eigenvalue weighted by Crippen LogP contribution is -2.38. The maximum absolute atomic E-state index is 12.0. The molecule has 0 radical (unpaired) electrons. The van der Waals surface area contributed by atoms with Crippen molar-refractivity contribution in [3.05, 3.63) is 35.6 Å². The van der Waals surface area contributed by atoms with Crippen molar-refractivity contribution in [1.29, 1.82) is 0 Å². The third-order valence-corrected chi connectivity index (χ3v) is 4.72. The second-order valence-electron chi connectivity index (χ2n) is 6.96. The number of rotatable bonds is 0. The lowest BCUT2D eigenvalue weighted by Gasteiger charge is -2.42. The first kappa shape index (κ1) is 12.7. The van der Waals surface area contributed by atoms with Gasteiger partial charge in [-0.2, -0.15) is 0 Å². The van der Waals surface area contributed by atoms with Gasteiger partial charge < -0.3 is 5.32 Å². The Labute approximate surface area is 115 Å². The van der Waals surface area contributed by atoms with Crippen LogP contribution in [0.3, 0.4) is 0 Å². The molecule has 1 saturated carbocycles. The summed E-state index contributed by atoms with van der Waals surface area (Å²) < 4.78 is 0. The van der Waals surface area contributed by atoms with Gasteiger partial charge in [-0.3, -0.25) is 4.79 Å². The molecule has 0 aromatic heterocycles. The molecule has 0 aromatic rings. The van der Waals surface area contributed by atoms with E-state index in [-0.39, 0.29) is 11.3 Å². The van der Waals surface area contributed by atoms with Gasteiger partial charge in [-0.25, -0.2) is 0 Å². The van der Waals surface area contributed by atoms with Crippen LogP contribution in [0.25, 0.3) is 0 Å². The summed E-state index contributed by atoms with van der Waals surface area (Å²) in [6.07, 6.45) is 12.0. The van der Waals surface area contributed by atoms with Gasteiger partial charge in [0.05, 0.1) is 0 Å². The molecule has 1 fully saturated rings. The van der Waals surface area contributed by atoms with Crippen LogP contribution in [-0.4, -0.2) is 5.91 Å². The highest BCUT2D eigenvalue weighted by molar-refractivity contribution is 5.79. The number of hydrogen-bond donors (Lipinski definition) is 1. The summed E-state index contributed by atoms with van der Waals surface area (Å²) in [4.78, 5) is 12.0. The van der Waals surface area contributed by atoms with Crippen LogP contribution >= 0.6 is 0 Å². The average Bonchev–Trinajstić information content (AvgIpc) is 2.26. The SMILES string of the molecule is CC1C=CC(C)(C)C=CC2=C1C1CC(CC(=O)N2)C1. The first-order chi connectivity index (χ1) is 8.94. The molecule has 2 heteroatoms. The predicted octanol–water partition coefficient (Wildman–Crippen LogP) is 3.57. The van der Waals surface area contributed by atoms with Gasteiger partial charge in [0.25, 0.3) is 0 Å². The molecule has 1 N–H and O–H groups in total. The van der Waals surface area contributed by atoms with E-state index < -0.39 is 0 Å². The number of hydrogen-bond acceptors (Lipinski definition) is 1. The third-order valence-electron chi connectivity index (χ3n) is 4.72. The van der Waals surface area contributed by atoms with Gasteiger partial charge in [0, 0.05) is 17.5 Å². The molecule has 2 aliphatic heterocycles. The Morgan fingerprint density at radius 1 is 1.26 bits per heavy atom. The maximum atomic E-state index is 12.0. The summed E-state index contributed by atoms with van der Waals surface area (Å²) in [7, 11) is 0. The van der Waals surface area contributed by atoms with E-state index in [9.17, 15) is 4.79 Å². The second kappa shape index (κ2) is 4.36. The van der Waals surface area contributed by atoms with Crippen LogP contribution in [0.5, 0.6) is 0 Å². The normalized spacial score (nSPS) is 36.4. The Hall–Kier alpha value is -1.31. The summed E-state index contributed by atoms with van der Waals surface area (Å²) in [5.41, 5.74) is 2.56. The van der Waals surface area contributed by atoms with Crippen molar-refractivity contribution < 1.29 is 4.79 Å². The Morgan fingerprint density at radius 3 is 2.74 bits per heavy atom. The van der Waals surface area contributed by atoms with Crippen LogP contribution in [0.4, 0.5) is 0 Å². The quantitative estimate of drug-likeness (QED) is 0.660. The van der Waals surface area contributed by atoms with Crippen molar-refractivity contribution in [2.75, 3.05) is 0 Å². The van der Waals surface area contributed by atoms with E-state index in [4.69, 9.17) is 0 Å². The van der Waals surface area contributed by atoms with Crippen LogP contribution in [0.2, 0.25) is 0 Å². The van der Waals surface area contributed by atoms with Crippen molar-refractivity contribution in [3.8, 4) is 0 Å². The zero-order valence-electron chi connectivity index (χ0n) is 12.1. The lowest BCUT2D eigenvalue weighted by atomic mass is 9.65. The third kappa shape index (κ3) is 2.41. The molecule has 0 aromatic carbocycles. The van der Waals surface area contributed by atoms with Crippen LogP contribution < -0.4 is 5.32 Å². The molecule has 2 bridgehead atoms. The first-order valence-corrected chi connectivity index (χ1v) is 7.37. The van der Waals surface area contributed by atoms with E-state index >= 15 is 0 Å². The Balaban J connectivity index is 2.05. The Bertz CT molecular complexity index is 489. The number of amides is 1. The van der Waals surface area contributed by atoms with Crippen LogP contribution in [0.1, 0.15) is 40.0 Å². The molecule has 2 aliphatic carbocycles. The zero-order valence-corrected chi connectivity index (χ0v) is 12.1. The minimum absolute atomic E-state index is 0.0576. The van der Waals surface area contributed by atoms with Crippen molar-refractivity contribution in [3.63, 3.8) is 0 Å². The largest absolute Gasteiger partial charge is 0.326 e. The summed E-state index contributed by atoms with van der Waals surface area (Å²) in [6, 6.07) is 0. The summed E-state index contributed by atoms with van der Waals surface area (Å²) >= 11 is 0. The maximum Gasteiger partial charge on any atom is 0.224 e. The average molecular weight is 257 g/mol. The van der Waals surface area contributed by atoms with Gasteiger partial charge in [-0.15, -0.1) is 0 Å². The standard InChI is InChI=1S/C17H23NO/c1-11-4-6-17(2,3)7-5-14-16(11)13-8-12(9-13)10-15(19)18-14/h4-7,11-13H,8-10H2,1-3H3,(H,18,19). The topological polar surface area (TPSA) is 29.1 Å². The minimum atomic E-state index is 0.0576. The fourth-order valence-electron chi connectivity index (χ4n) is 3.52. The van der Waals surface area contributed by atoms with E-state index in [1.165, 1.54) is 18.4 Å². The lowest BCUT2D eigenvalue weighted by molar-refractivity contribution is -0.122. The number of carbonyl (C=O) groups excluding carboxylic acids is 1. The van der Waals surface area contributed by atoms with Gasteiger partial charge in [0.15, 0.2) is 0 Å². The van der Waals surface area contributed by atoms with Crippen molar-refractivity contribution in [1.82, 2.24) is 5.32 Å². The summed E-state index contributed by atoms with van der Waals surface area (Å²) in [5.74, 6) is 1.89. The van der Waals surface area contributed by atoms with Crippen LogP contribution in [0.15, 0.2) is 35.6 Å².